The molecule has 0 amide bonds. The van der Waals surface area contributed by atoms with E-state index >= 15 is 0 Å². The molecule has 3 heterocycles. The molecule has 8 nitrogen and oxygen atoms in total. The second-order valence-electron chi connectivity index (χ2n) is 8.90. The number of hydrogen-bond donors (Lipinski definition) is 1. The Labute approximate surface area is 205 Å². The number of hydrogen-bond acceptors (Lipinski definition) is 9. The van der Waals surface area contributed by atoms with Gasteiger partial charge in [-0.2, -0.15) is 0 Å². The maximum atomic E-state index is 6.55. The Morgan fingerprint density at radius 3 is 2.44 bits per heavy atom. The minimum absolute atomic E-state index is 0.0663. The van der Waals surface area contributed by atoms with E-state index in [1.807, 2.05) is 30.3 Å². The highest BCUT2D eigenvalue weighted by molar-refractivity contribution is 8.00. The number of rotatable bonds is 7. The molecule has 0 aliphatic carbocycles. The number of methoxy groups -OCH3 is 3. The van der Waals surface area contributed by atoms with Crippen molar-refractivity contribution in [1.82, 2.24) is 4.90 Å². The first kappa shape index (κ1) is 23.3. The van der Waals surface area contributed by atoms with Crippen LogP contribution >= 0.6 is 11.8 Å². The zero-order chi connectivity index (χ0) is 23.7. The van der Waals surface area contributed by atoms with Crippen LogP contribution in [0.3, 0.4) is 0 Å². The van der Waals surface area contributed by atoms with E-state index in [4.69, 9.17) is 29.4 Å². The Bertz CT molecular complexity index is 1010. The van der Waals surface area contributed by atoms with Gasteiger partial charge >= 0.3 is 0 Å². The van der Waals surface area contributed by atoms with Gasteiger partial charge in [-0.25, -0.2) is 0 Å². The van der Waals surface area contributed by atoms with Crippen LogP contribution in [0.5, 0.6) is 28.7 Å². The molecular formula is C25H33N3O5S. The molecule has 0 radical (unpaired) electrons. The number of likely N-dealkylation sites (tertiary alicyclic amines) is 1. The average molecular weight is 488 g/mol. The van der Waals surface area contributed by atoms with Gasteiger partial charge in [-0.3, -0.25) is 4.90 Å². The van der Waals surface area contributed by atoms with Crippen LogP contribution in [0.1, 0.15) is 12.8 Å². The molecule has 2 atom stereocenters. The number of nitrogens with two attached hydrogens (primary N) is 1. The maximum absolute atomic E-state index is 6.55. The molecule has 2 aromatic rings. The highest BCUT2D eigenvalue weighted by Gasteiger charge is 2.36. The molecule has 9 heteroatoms. The van der Waals surface area contributed by atoms with Gasteiger partial charge in [0, 0.05) is 19.2 Å². The third-order valence-electron chi connectivity index (χ3n) is 6.81. The summed E-state index contributed by atoms with van der Waals surface area (Å²) in [5, 5.41) is 0. The van der Waals surface area contributed by atoms with Crippen molar-refractivity contribution in [2.45, 2.75) is 29.3 Å². The summed E-state index contributed by atoms with van der Waals surface area (Å²) in [5.74, 6) is 4.20. The molecule has 0 spiro atoms. The van der Waals surface area contributed by atoms with Crippen molar-refractivity contribution in [3.63, 3.8) is 0 Å². The standard InChI is InChI=1S/C25H33N3O5S/c1-29-21-12-18-24(23(31-3)22(21)30-2)34-25(26)28(18)13-16-8-10-27(11-9-16)14-17-15-32-19-6-4-5-7-20(19)33-17/h4-7,12,16-17,25H,8-11,13-15,26H2,1-3H3. The Balaban J connectivity index is 1.20. The quantitative estimate of drug-likeness (QED) is 0.632. The number of para-hydroxylation sites is 2. The fraction of sp³-hybridized carbons (Fsp3) is 0.520. The van der Waals surface area contributed by atoms with Gasteiger partial charge in [-0.15, -0.1) is 0 Å². The molecular weight excluding hydrogens is 454 g/mol. The first-order chi connectivity index (χ1) is 16.6. The van der Waals surface area contributed by atoms with E-state index in [2.05, 4.69) is 9.80 Å². The van der Waals surface area contributed by atoms with Gasteiger partial charge in [-0.05, 0) is 44.0 Å². The van der Waals surface area contributed by atoms with E-state index in [0.29, 0.717) is 29.8 Å². The number of anilines is 1. The van der Waals surface area contributed by atoms with Crippen LogP contribution in [0, 0.1) is 5.92 Å². The molecule has 184 valence electrons. The van der Waals surface area contributed by atoms with Crippen LogP contribution in [-0.4, -0.2) is 70.6 Å². The largest absolute Gasteiger partial charge is 0.493 e. The lowest BCUT2D eigenvalue weighted by atomic mass is 9.95. The van der Waals surface area contributed by atoms with Crippen molar-refractivity contribution in [3.8, 4) is 28.7 Å². The van der Waals surface area contributed by atoms with Crippen molar-refractivity contribution < 1.29 is 23.7 Å². The Hall–Kier alpha value is -2.49. The molecule has 0 saturated carbocycles. The van der Waals surface area contributed by atoms with Gasteiger partial charge in [0.1, 0.15) is 18.2 Å². The van der Waals surface area contributed by atoms with Gasteiger partial charge in [0.25, 0.3) is 0 Å². The molecule has 2 aromatic carbocycles. The number of thioether (sulfide) groups is 1. The summed E-state index contributed by atoms with van der Waals surface area (Å²) < 4.78 is 28.8. The van der Waals surface area contributed by atoms with Crippen LogP contribution in [0.25, 0.3) is 0 Å². The summed E-state index contributed by atoms with van der Waals surface area (Å²) >= 11 is 1.61. The van der Waals surface area contributed by atoms with Crippen molar-refractivity contribution in [3.05, 3.63) is 30.3 Å². The summed E-state index contributed by atoms with van der Waals surface area (Å²) in [6.07, 6.45) is 2.31. The molecule has 2 unspecified atom stereocenters. The lowest BCUT2D eigenvalue weighted by Crippen LogP contribution is -2.46. The fourth-order valence-corrected chi connectivity index (χ4v) is 6.19. The number of piperidine rings is 1. The Morgan fingerprint density at radius 1 is 1.00 bits per heavy atom. The monoisotopic (exact) mass is 487 g/mol. The van der Waals surface area contributed by atoms with Crippen molar-refractivity contribution >= 4 is 17.4 Å². The van der Waals surface area contributed by atoms with E-state index in [0.717, 1.165) is 61.1 Å². The van der Waals surface area contributed by atoms with Gasteiger partial charge in [0.2, 0.25) is 5.75 Å². The van der Waals surface area contributed by atoms with Gasteiger partial charge in [-0.1, -0.05) is 23.9 Å². The zero-order valence-corrected chi connectivity index (χ0v) is 20.8. The average Bonchev–Trinajstić information content (AvgIpc) is 3.18. The summed E-state index contributed by atoms with van der Waals surface area (Å²) in [4.78, 5) is 5.78. The first-order valence-corrected chi connectivity index (χ1v) is 12.6. The third kappa shape index (κ3) is 4.44. The molecule has 0 aromatic heterocycles. The zero-order valence-electron chi connectivity index (χ0n) is 20.0. The van der Waals surface area contributed by atoms with Gasteiger partial charge in [0.15, 0.2) is 23.0 Å². The second kappa shape index (κ2) is 10.0. The molecule has 5 rings (SSSR count). The van der Waals surface area contributed by atoms with Gasteiger partial charge in [0.05, 0.1) is 31.9 Å². The normalized spacial score (nSPS) is 22.4. The summed E-state index contributed by atoms with van der Waals surface area (Å²) in [6.45, 7) is 4.48. The molecule has 1 saturated heterocycles. The van der Waals surface area contributed by atoms with Gasteiger partial charge < -0.3 is 34.3 Å². The predicted octanol–water partition coefficient (Wildman–Crippen LogP) is 3.42. The smallest absolute Gasteiger partial charge is 0.204 e. The number of fused-ring (bicyclic) bond motifs is 2. The first-order valence-electron chi connectivity index (χ1n) is 11.7. The van der Waals surface area contributed by atoms with Crippen LogP contribution in [0.4, 0.5) is 5.69 Å². The highest BCUT2D eigenvalue weighted by Crippen LogP contribution is 2.54. The maximum Gasteiger partial charge on any atom is 0.204 e. The van der Waals surface area contributed by atoms with E-state index < -0.39 is 0 Å². The van der Waals surface area contributed by atoms with E-state index in [-0.39, 0.29) is 11.6 Å². The van der Waals surface area contributed by atoms with Crippen LogP contribution in [-0.2, 0) is 0 Å². The third-order valence-corrected chi connectivity index (χ3v) is 7.94. The predicted molar refractivity (Wildman–Crippen MR) is 133 cm³/mol. The molecule has 2 N–H and O–H groups in total. The van der Waals surface area contributed by atoms with E-state index in [1.54, 1.807) is 33.1 Å². The molecule has 3 aliphatic rings. The minimum Gasteiger partial charge on any atom is -0.493 e. The van der Waals surface area contributed by atoms with Crippen molar-refractivity contribution in [2.75, 3.05) is 59.0 Å². The lowest BCUT2D eigenvalue weighted by molar-refractivity contribution is 0.0481. The summed E-state index contributed by atoms with van der Waals surface area (Å²) in [7, 11) is 4.92. The number of nitrogens with zero attached hydrogens (tertiary/aromatic N) is 2. The fourth-order valence-electron chi connectivity index (χ4n) is 5.04. The van der Waals surface area contributed by atoms with E-state index in [1.165, 1.54) is 0 Å². The highest BCUT2D eigenvalue weighted by atomic mass is 32.2. The van der Waals surface area contributed by atoms with E-state index in [9.17, 15) is 0 Å². The van der Waals surface area contributed by atoms with Crippen molar-refractivity contribution in [2.24, 2.45) is 11.7 Å². The molecule has 34 heavy (non-hydrogen) atoms. The van der Waals surface area contributed by atoms with Crippen LogP contribution in [0.2, 0.25) is 0 Å². The number of ether oxygens (including phenoxy) is 5. The summed E-state index contributed by atoms with van der Waals surface area (Å²) in [6, 6.07) is 9.90. The Kier molecular flexibility index (Phi) is 6.85. The van der Waals surface area contributed by atoms with Crippen molar-refractivity contribution in [1.29, 1.82) is 0 Å². The second-order valence-corrected chi connectivity index (χ2v) is 10.0. The summed E-state index contributed by atoms with van der Waals surface area (Å²) in [5.41, 5.74) is 7.45. The SMILES string of the molecule is COc1cc2c(c(OC)c1OC)SC(N)N2CC1CCN(CC2COc3ccccc3O2)CC1. The molecule has 0 bridgehead atoms. The molecule has 3 aliphatic heterocycles. The minimum atomic E-state index is -0.161. The number of benzene rings is 2. The van der Waals surface area contributed by atoms with Crippen LogP contribution in [0.15, 0.2) is 35.2 Å². The molecule has 1 fully saturated rings. The topological polar surface area (TPSA) is 78.7 Å². The Morgan fingerprint density at radius 2 is 1.74 bits per heavy atom. The van der Waals surface area contributed by atoms with Crippen LogP contribution < -0.4 is 34.3 Å². The lowest BCUT2D eigenvalue weighted by Gasteiger charge is -2.37.